The van der Waals surface area contributed by atoms with Crippen molar-refractivity contribution in [2.24, 2.45) is 0 Å². The molecule has 3 aromatic heterocycles. The first-order chi connectivity index (χ1) is 10.3. The van der Waals surface area contributed by atoms with Gasteiger partial charge in [0.25, 0.3) is 5.56 Å². The summed E-state index contributed by atoms with van der Waals surface area (Å²) in [5, 5.41) is 4.88. The molecule has 0 amide bonds. The Balaban J connectivity index is 1.72. The Kier molecular flexibility index (Phi) is 3.94. The van der Waals surface area contributed by atoms with Crippen LogP contribution in [0.4, 0.5) is 0 Å². The molecule has 6 nitrogen and oxygen atoms in total. The number of hydrogen-bond acceptors (Lipinski definition) is 6. The van der Waals surface area contributed by atoms with Crippen LogP contribution in [-0.4, -0.2) is 22.0 Å². The molecule has 108 valence electrons. The van der Waals surface area contributed by atoms with E-state index in [1.165, 1.54) is 11.3 Å². The fourth-order valence-electron chi connectivity index (χ4n) is 1.92. The number of hydrogen-bond donors (Lipinski definition) is 2. The number of aromatic amines is 1. The second-order valence-electron chi connectivity index (χ2n) is 4.45. The summed E-state index contributed by atoms with van der Waals surface area (Å²) in [4.78, 5) is 23.2. The van der Waals surface area contributed by atoms with E-state index in [2.05, 4.69) is 20.3 Å². The van der Waals surface area contributed by atoms with Crippen LogP contribution in [0.25, 0.3) is 10.2 Å². The molecule has 0 unspecified atom stereocenters. The first-order valence-electron chi connectivity index (χ1n) is 6.45. The van der Waals surface area contributed by atoms with Crippen LogP contribution >= 0.6 is 11.3 Å². The highest BCUT2D eigenvalue weighted by molar-refractivity contribution is 7.17. The van der Waals surface area contributed by atoms with Crippen molar-refractivity contribution in [1.82, 2.24) is 20.3 Å². The summed E-state index contributed by atoms with van der Waals surface area (Å²) < 4.78 is 6.23. The number of rotatable bonds is 5. The van der Waals surface area contributed by atoms with E-state index < -0.39 is 0 Å². The molecule has 0 spiro atoms. The van der Waals surface area contributed by atoms with Crippen LogP contribution in [0.1, 0.15) is 11.5 Å². The Morgan fingerprint density at radius 2 is 2.29 bits per heavy atom. The Hall–Kier alpha value is -2.25. The number of pyridine rings is 1. The van der Waals surface area contributed by atoms with Crippen LogP contribution in [0, 0.1) is 0 Å². The van der Waals surface area contributed by atoms with Crippen LogP contribution in [0.5, 0.6) is 5.75 Å². The van der Waals surface area contributed by atoms with Gasteiger partial charge in [-0.25, -0.2) is 4.98 Å². The van der Waals surface area contributed by atoms with E-state index in [9.17, 15) is 4.79 Å². The number of fused-ring (bicyclic) bond motifs is 1. The highest BCUT2D eigenvalue weighted by Crippen LogP contribution is 2.15. The van der Waals surface area contributed by atoms with E-state index in [-0.39, 0.29) is 12.2 Å². The SMILES string of the molecule is CNCc1ccc(OCc2nc3ccsc3c(=O)[nH]2)cn1. The fraction of sp³-hybridized carbons (Fsp3) is 0.214. The van der Waals surface area contributed by atoms with Gasteiger partial charge in [0.2, 0.25) is 0 Å². The van der Waals surface area contributed by atoms with Gasteiger partial charge in [0, 0.05) is 6.54 Å². The molecular weight excluding hydrogens is 288 g/mol. The van der Waals surface area contributed by atoms with Gasteiger partial charge in [-0.05, 0) is 30.6 Å². The first-order valence-corrected chi connectivity index (χ1v) is 7.33. The molecule has 3 rings (SSSR count). The molecule has 0 aromatic carbocycles. The summed E-state index contributed by atoms with van der Waals surface area (Å²) in [6.07, 6.45) is 1.66. The molecule has 21 heavy (non-hydrogen) atoms. The van der Waals surface area contributed by atoms with Crippen molar-refractivity contribution in [3.63, 3.8) is 0 Å². The molecule has 0 saturated carbocycles. The maximum Gasteiger partial charge on any atom is 0.268 e. The fourth-order valence-corrected chi connectivity index (χ4v) is 2.65. The quantitative estimate of drug-likeness (QED) is 0.749. The highest BCUT2D eigenvalue weighted by Gasteiger charge is 2.05. The van der Waals surface area contributed by atoms with Gasteiger partial charge in [0.05, 0.1) is 17.4 Å². The topological polar surface area (TPSA) is 79.9 Å². The molecule has 0 fully saturated rings. The first kappa shape index (κ1) is 13.7. The van der Waals surface area contributed by atoms with Gasteiger partial charge < -0.3 is 15.0 Å². The zero-order valence-electron chi connectivity index (χ0n) is 11.4. The predicted molar refractivity (Wildman–Crippen MR) is 81.6 cm³/mol. The van der Waals surface area contributed by atoms with Crippen LogP contribution < -0.4 is 15.6 Å². The summed E-state index contributed by atoms with van der Waals surface area (Å²) >= 11 is 1.38. The van der Waals surface area contributed by atoms with E-state index in [0.717, 1.165) is 5.69 Å². The summed E-state index contributed by atoms with van der Waals surface area (Å²) in [5.74, 6) is 1.15. The van der Waals surface area contributed by atoms with Gasteiger partial charge in [0.15, 0.2) is 0 Å². The monoisotopic (exact) mass is 302 g/mol. The minimum atomic E-state index is -0.129. The van der Waals surface area contributed by atoms with Gasteiger partial charge in [-0.1, -0.05) is 0 Å². The number of aromatic nitrogens is 3. The van der Waals surface area contributed by atoms with Crippen molar-refractivity contribution in [3.8, 4) is 5.75 Å². The average molecular weight is 302 g/mol. The molecule has 0 aliphatic carbocycles. The Morgan fingerprint density at radius 3 is 3.05 bits per heavy atom. The third-order valence-corrected chi connectivity index (χ3v) is 3.80. The maximum atomic E-state index is 11.8. The van der Waals surface area contributed by atoms with Crippen LogP contribution in [0.15, 0.2) is 34.6 Å². The lowest BCUT2D eigenvalue weighted by Gasteiger charge is -2.06. The number of ether oxygens (including phenoxy) is 1. The molecule has 0 aliphatic rings. The minimum Gasteiger partial charge on any atom is -0.484 e. The third kappa shape index (κ3) is 3.09. The third-order valence-electron chi connectivity index (χ3n) is 2.89. The van der Waals surface area contributed by atoms with E-state index in [1.807, 2.05) is 30.6 Å². The van der Waals surface area contributed by atoms with Crippen molar-refractivity contribution < 1.29 is 4.74 Å². The van der Waals surface area contributed by atoms with E-state index in [4.69, 9.17) is 4.74 Å². The van der Waals surface area contributed by atoms with Crippen LogP contribution in [-0.2, 0) is 13.2 Å². The molecule has 2 N–H and O–H groups in total. The Labute approximate surface area is 124 Å². The van der Waals surface area contributed by atoms with Crippen molar-refractivity contribution in [2.75, 3.05) is 7.05 Å². The molecule has 3 aromatic rings. The summed E-state index contributed by atoms with van der Waals surface area (Å²) in [6, 6.07) is 5.57. The summed E-state index contributed by atoms with van der Waals surface area (Å²) in [6.45, 7) is 0.915. The van der Waals surface area contributed by atoms with Gasteiger partial charge in [-0.3, -0.25) is 9.78 Å². The van der Waals surface area contributed by atoms with E-state index in [1.54, 1.807) is 6.20 Å². The average Bonchev–Trinajstić information content (AvgIpc) is 2.96. The smallest absolute Gasteiger partial charge is 0.268 e. The molecule has 7 heteroatoms. The van der Waals surface area contributed by atoms with Gasteiger partial charge in [-0.15, -0.1) is 11.3 Å². The second-order valence-corrected chi connectivity index (χ2v) is 5.37. The zero-order chi connectivity index (χ0) is 14.7. The van der Waals surface area contributed by atoms with Crippen LogP contribution in [0.2, 0.25) is 0 Å². The minimum absolute atomic E-state index is 0.129. The molecule has 0 aliphatic heterocycles. The van der Waals surface area contributed by atoms with Crippen molar-refractivity contribution in [1.29, 1.82) is 0 Å². The summed E-state index contributed by atoms with van der Waals surface area (Å²) in [7, 11) is 1.87. The maximum absolute atomic E-state index is 11.8. The molecule has 0 atom stereocenters. The lowest BCUT2D eigenvalue weighted by atomic mass is 10.3. The number of nitrogens with one attached hydrogen (secondary N) is 2. The molecular formula is C14H14N4O2S. The van der Waals surface area contributed by atoms with Crippen LogP contribution in [0.3, 0.4) is 0 Å². The van der Waals surface area contributed by atoms with Gasteiger partial charge in [-0.2, -0.15) is 0 Å². The molecule has 3 heterocycles. The van der Waals surface area contributed by atoms with Crippen molar-refractivity contribution >= 4 is 21.6 Å². The van der Waals surface area contributed by atoms with Crippen molar-refractivity contribution in [3.05, 3.63) is 51.6 Å². The number of nitrogens with zero attached hydrogens (tertiary/aromatic N) is 2. The van der Waals surface area contributed by atoms with Crippen molar-refractivity contribution in [2.45, 2.75) is 13.2 Å². The number of H-pyrrole nitrogens is 1. The Bertz CT molecular complexity index is 795. The normalized spacial score (nSPS) is 10.9. The Morgan fingerprint density at radius 1 is 1.38 bits per heavy atom. The second kappa shape index (κ2) is 6.02. The predicted octanol–water partition coefficient (Wildman–Crippen LogP) is 1.68. The lowest BCUT2D eigenvalue weighted by Crippen LogP contribution is -2.12. The van der Waals surface area contributed by atoms with E-state index in [0.29, 0.717) is 28.3 Å². The molecule has 0 saturated heterocycles. The van der Waals surface area contributed by atoms with Gasteiger partial charge in [0.1, 0.15) is 22.9 Å². The molecule has 0 bridgehead atoms. The molecule has 0 radical (unpaired) electrons. The van der Waals surface area contributed by atoms with E-state index >= 15 is 0 Å². The van der Waals surface area contributed by atoms with Gasteiger partial charge >= 0.3 is 0 Å². The lowest BCUT2D eigenvalue weighted by molar-refractivity contribution is 0.294. The standard InChI is InChI=1S/C14H14N4O2S/c1-15-6-9-2-3-10(7-16-9)20-8-12-17-11-4-5-21-13(11)14(19)18-12/h2-5,7,15H,6,8H2,1H3,(H,17,18,19). The summed E-state index contributed by atoms with van der Waals surface area (Å²) in [5.41, 5.74) is 1.51. The zero-order valence-corrected chi connectivity index (χ0v) is 12.2. The highest BCUT2D eigenvalue weighted by atomic mass is 32.1. The number of thiophene rings is 1. The largest absolute Gasteiger partial charge is 0.484 e.